The van der Waals surface area contributed by atoms with Crippen molar-refractivity contribution in [2.45, 2.75) is 123 Å². The van der Waals surface area contributed by atoms with E-state index in [0.29, 0.717) is 17.0 Å². The van der Waals surface area contributed by atoms with Crippen molar-refractivity contribution in [2.75, 3.05) is 27.5 Å². The molecule has 3 aromatic rings. The normalized spacial score (nSPS) is 17.8. The molecule has 7 atom stereocenters. The van der Waals surface area contributed by atoms with Crippen LogP contribution in [0.2, 0.25) is 0 Å². The minimum Gasteiger partial charge on any atom is -0.481 e. The second-order valence-electron chi connectivity index (χ2n) is 16.5. The van der Waals surface area contributed by atoms with Gasteiger partial charge in [-0.15, -0.1) is 11.3 Å². The number of rotatable bonds is 22. The number of hydrogen-bond acceptors (Lipinski definition) is 9. The first-order valence-electron chi connectivity index (χ1n) is 21.0. The second-order valence-corrected chi connectivity index (χ2v) is 17.4. The number of amides is 3. The Morgan fingerprint density at radius 2 is 1.67 bits per heavy atom. The molecule has 1 aliphatic heterocycles. The summed E-state index contributed by atoms with van der Waals surface area (Å²) in [5.74, 6) is -3.13. The Hall–Kier alpha value is -4.38. The van der Waals surface area contributed by atoms with E-state index in [9.17, 15) is 32.7 Å². The molecule has 3 N–H and O–H groups in total. The van der Waals surface area contributed by atoms with E-state index < -0.39 is 53.8 Å². The molecule has 0 spiro atoms. The van der Waals surface area contributed by atoms with Crippen LogP contribution in [0.5, 0.6) is 0 Å². The number of nitrogens with one attached hydrogen (secondary N) is 2. The van der Waals surface area contributed by atoms with Crippen molar-refractivity contribution in [3.63, 3.8) is 0 Å². The van der Waals surface area contributed by atoms with Gasteiger partial charge in [-0.1, -0.05) is 89.9 Å². The second kappa shape index (κ2) is 23.2. The minimum atomic E-state index is -4.51. The summed E-state index contributed by atoms with van der Waals surface area (Å²) in [6, 6.07) is 11.9. The number of piperidine rings is 1. The third kappa shape index (κ3) is 14.3. The lowest BCUT2D eigenvalue weighted by Crippen LogP contribution is -2.58. The number of carboxylic acid groups (broad SMARTS) is 1. The molecule has 336 valence electrons. The molecular formula is C45H62F3N5O7S. The third-order valence-corrected chi connectivity index (χ3v) is 12.5. The van der Waals surface area contributed by atoms with E-state index in [-0.39, 0.29) is 68.0 Å². The summed E-state index contributed by atoms with van der Waals surface area (Å²) in [7, 11) is 3.43. The van der Waals surface area contributed by atoms with Crippen molar-refractivity contribution in [3.8, 4) is 0 Å². The quantitative estimate of drug-likeness (QED) is 0.0863. The molecular weight excluding hydrogens is 812 g/mol. The van der Waals surface area contributed by atoms with E-state index in [1.807, 2.05) is 74.9 Å². The van der Waals surface area contributed by atoms with E-state index in [4.69, 9.17) is 9.47 Å². The summed E-state index contributed by atoms with van der Waals surface area (Å²) in [5, 5.41) is 17.7. The first kappa shape index (κ1) is 49.3. The lowest BCUT2D eigenvalue weighted by molar-refractivity contribution is -0.144. The number of carbonyl (C=O) groups is 4. The number of nitrogens with zero attached hydrogens (tertiary/aromatic N) is 3. The van der Waals surface area contributed by atoms with Gasteiger partial charge < -0.3 is 30.1 Å². The number of methoxy groups -OCH3 is 1. The fourth-order valence-electron chi connectivity index (χ4n) is 7.66. The largest absolute Gasteiger partial charge is 0.481 e. The lowest BCUT2D eigenvalue weighted by Gasteiger charge is -2.40. The average Bonchev–Trinajstić information content (AvgIpc) is 3.72. The maximum Gasteiger partial charge on any atom is 0.416 e. The molecule has 0 radical (unpaired) electrons. The Labute approximate surface area is 361 Å². The SMILES string of the molecule is CCC(C)C(NC(=O)C1CCCCN1C)C(=O)N(Cc1ccccc1)[C@H](C[C@@H](OCOC)c1nc(C(=O)N[C@@H](Cc2ccc(C(F)(F)F)cc2)C[C@H](C)C(=O)O)cs1)C(C)C. The number of hydrogen-bond donors (Lipinski definition) is 3. The number of alkyl halides is 3. The highest BCUT2D eigenvalue weighted by atomic mass is 32.1. The number of likely N-dealkylation sites (N-methyl/N-ethyl adjacent to an activating group) is 1. The number of ether oxygens (including phenoxy) is 2. The van der Waals surface area contributed by atoms with Gasteiger partial charge in [0.05, 0.1) is 17.5 Å². The van der Waals surface area contributed by atoms with Crippen LogP contribution in [0, 0.1) is 17.8 Å². The van der Waals surface area contributed by atoms with E-state index >= 15 is 4.79 Å². The fraction of sp³-hybridized carbons (Fsp3) is 0.578. The van der Waals surface area contributed by atoms with Gasteiger partial charge in [0.1, 0.15) is 29.6 Å². The van der Waals surface area contributed by atoms with E-state index in [0.717, 1.165) is 43.5 Å². The van der Waals surface area contributed by atoms with E-state index in [1.165, 1.54) is 37.5 Å². The maximum absolute atomic E-state index is 15.0. The minimum absolute atomic E-state index is 0.0233. The molecule has 1 aliphatic rings. The van der Waals surface area contributed by atoms with Gasteiger partial charge in [0.2, 0.25) is 11.8 Å². The average molecular weight is 874 g/mol. The van der Waals surface area contributed by atoms with Crippen molar-refractivity contribution in [2.24, 2.45) is 17.8 Å². The van der Waals surface area contributed by atoms with E-state index in [2.05, 4.69) is 15.6 Å². The maximum atomic E-state index is 15.0. The Kier molecular flexibility index (Phi) is 18.7. The molecule has 12 nitrogen and oxygen atoms in total. The lowest BCUT2D eigenvalue weighted by atomic mass is 9.91. The smallest absolute Gasteiger partial charge is 0.416 e. The van der Waals surface area contributed by atoms with Crippen LogP contribution in [-0.4, -0.2) is 95.2 Å². The van der Waals surface area contributed by atoms with E-state index in [1.54, 1.807) is 5.38 Å². The van der Waals surface area contributed by atoms with Crippen LogP contribution in [0.15, 0.2) is 60.0 Å². The summed E-state index contributed by atoms with van der Waals surface area (Å²) in [6.45, 7) is 10.5. The first-order valence-corrected chi connectivity index (χ1v) is 21.9. The van der Waals surface area contributed by atoms with Gasteiger partial charge in [-0.25, -0.2) is 4.98 Å². The summed E-state index contributed by atoms with van der Waals surface area (Å²) in [4.78, 5) is 62.9. The molecule has 0 aliphatic carbocycles. The van der Waals surface area contributed by atoms with Crippen molar-refractivity contribution < 1.29 is 46.9 Å². The molecule has 0 bridgehead atoms. The molecule has 1 saturated heterocycles. The summed E-state index contributed by atoms with van der Waals surface area (Å²) in [5.41, 5.74) is 0.645. The predicted molar refractivity (Wildman–Crippen MR) is 228 cm³/mol. The van der Waals surface area contributed by atoms with Gasteiger partial charge in [-0.05, 0) is 74.4 Å². The Bertz CT molecular complexity index is 1860. The van der Waals surface area contributed by atoms with Gasteiger partial charge in [0.25, 0.3) is 5.91 Å². The highest BCUT2D eigenvalue weighted by Crippen LogP contribution is 2.33. The number of carbonyl (C=O) groups excluding carboxylic acids is 3. The predicted octanol–water partition coefficient (Wildman–Crippen LogP) is 7.73. The third-order valence-electron chi connectivity index (χ3n) is 11.5. The fourth-order valence-corrected chi connectivity index (χ4v) is 8.52. The molecule has 0 saturated carbocycles. The van der Waals surface area contributed by atoms with Crippen LogP contribution < -0.4 is 10.6 Å². The van der Waals surface area contributed by atoms with Gasteiger partial charge in [-0.3, -0.25) is 24.1 Å². The Morgan fingerprint density at radius 3 is 2.26 bits per heavy atom. The highest BCUT2D eigenvalue weighted by Gasteiger charge is 2.39. The summed E-state index contributed by atoms with van der Waals surface area (Å²) < 4.78 is 51.2. The zero-order chi connectivity index (χ0) is 44.9. The van der Waals surface area contributed by atoms with Gasteiger partial charge >= 0.3 is 12.1 Å². The van der Waals surface area contributed by atoms with Gasteiger partial charge in [0.15, 0.2) is 0 Å². The van der Waals surface area contributed by atoms with Crippen LogP contribution in [-0.2, 0) is 43.0 Å². The zero-order valence-electron chi connectivity index (χ0n) is 36.2. The molecule has 4 rings (SSSR count). The number of halogens is 3. The van der Waals surface area contributed by atoms with Crippen molar-refractivity contribution in [1.82, 2.24) is 25.4 Å². The van der Waals surface area contributed by atoms with Crippen LogP contribution >= 0.6 is 11.3 Å². The van der Waals surface area contributed by atoms with Crippen LogP contribution in [0.25, 0.3) is 0 Å². The Balaban J connectivity index is 1.63. The first-order chi connectivity index (χ1) is 28.9. The van der Waals surface area contributed by atoms with Crippen molar-refractivity contribution in [1.29, 1.82) is 0 Å². The number of likely N-dealkylation sites (tertiary alicyclic amines) is 1. The zero-order valence-corrected chi connectivity index (χ0v) is 37.1. The number of benzene rings is 2. The van der Waals surface area contributed by atoms with Crippen LogP contribution in [0.1, 0.15) is 111 Å². The number of aliphatic carboxylic acids is 1. The molecule has 16 heteroatoms. The molecule has 2 heterocycles. The number of aromatic nitrogens is 1. The molecule has 3 amide bonds. The summed E-state index contributed by atoms with van der Waals surface area (Å²) in [6.07, 6.45) is -1.51. The monoisotopic (exact) mass is 873 g/mol. The summed E-state index contributed by atoms with van der Waals surface area (Å²) >= 11 is 1.19. The van der Waals surface area contributed by atoms with Crippen molar-refractivity contribution in [3.05, 3.63) is 87.4 Å². The van der Waals surface area contributed by atoms with Crippen LogP contribution in [0.4, 0.5) is 13.2 Å². The van der Waals surface area contributed by atoms with Gasteiger partial charge in [0, 0.05) is 37.5 Å². The molecule has 2 aromatic carbocycles. The van der Waals surface area contributed by atoms with Crippen molar-refractivity contribution >= 4 is 35.0 Å². The molecule has 61 heavy (non-hydrogen) atoms. The molecule has 1 fully saturated rings. The highest BCUT2D eigenvalue weighted by molar-refractivity contribution is 7.09. The number of carboxylic acids is 1. The standard InChI is InChI=1S/C45H62F3N5O7S/c1-8-29(4)39(51-41(55)36-16-12-13-21-52(36)6)43(56)53(25-32-14-10-9-11-15-32)37(28(2)3)24-38(60-27-59-7)42-50-35(26-61-42)40(54)49-34(22-30(5)44(57)58)23-31-17-19-33(20-18-31)45(46,47)48/h9-11,14-15,17-20,26,28-30,34,36-39H,8,12-13,16,21-25,27H2,1-7H3,(H,49,54)(H,51,55)(H,57,58)/t29?,30-,34+,36?,37+,38+,39?/m0/s1. The molecule has 1 aromatic heterocycles. The van der Waals surface area contributed by atoms with Gasteiger partial charge in [-0.2, -0.15) is 13.2 Å². The Morgan fingerprint density at radius 1 is 0.984 bits per heavy atom. The number of thiazole rings is 1. The topological polar surface area (TPSA) is 150 Å². The van der Waals surface area contributed by atoms with Crippen LogP contribution in [0.3, 0.4) is 0 Å². The molecule has 3 unspecified atom stereocenters.